The molecule has 0 radical (unpaired) electrons. The van der Waals surface area contributed by atoms with Crippen molar-refractivity contribution < 1.29 is 17.2 Å². The third-order valence-electron chi connectivity index (χ3n) is 2.41. The van der Waals surface area contributed by atoms with Crippen molar-refractivity contribution in [3.8, 4) is 0 Å². The molecule has 0 fully saturated rings. The van der Waals surface area contributed by atoms with Gasteiger partial charge in [0, 0.05) is 0 Å². The van der Waals surface area contributed by atoms with Gasteiger partial charge in [0.1, 0.15) is 14.5 Å². The number of rotatable bonds is 3. The molecule has 19 heavy (non-hydrogen) atoms. The average molecular weight is 296 g/mol. The predicted octanol–water partition coefficient (Wildman–Crippen LogP) is 2.04. The maximum Gasteiger partial charge on any atom is 0.209 e. The molecule has 100 valence electrons. The second-order valence-corrected chi connectivity index (χ2v) is 7.78. The van der Waals surface area contributed by atoms with Gasteiger partial charge in [0.05, 0.1) is 9.79 Å². The number of benzene rings is 2. The van der Waals surface area contributed by atoms with Gasteiger partial charge in [-0.1, -0.05) is 36.4 Å². The first-order valence-electron chi connectivity index (χ1n) is 5.38. The Bertz CT molecular complexity index is 772. The van der Waals surface area contributed by atoms with Crippen molar-refractivity contribution in [3.05, 3.63) is 60.7 Å². The second-order valence-electron chi connectivity index (χ2n) is 3.84. The van der Waals surface area contributed by atoms with Crippen LogP contribution in [0, 0.1) is 0 Å². The summed E-state index contributed by atoms with van der Waals surface area (Å²) in [6.45, 7) is 0. The first-order valence-corrected chi connectivity index (χ1v) is 8.51. The van der Waals surface area contributed by atoms with Gasteiger partial charge in [0.2, 0.25) is 9.84 Å². The van der Waals surface area contributed by atoms with Crippen LogP contribution in [0.15, 0.2) is 70.5 Å². The zero-order valence-electron chi connectivity index (χ0n) is 9.84. The molecule has 2 aromatic rings. The van der Waals surface area contributed by atoms with Crippen LogP contribution in [0.3, 0.4) is 0 Å². The second kappa shape index (κ2) is 5.16. The average Bonchev–Trinajstić information content (AvgIpc) is 2.40. The summed E-state index contributed by atoms with van der Waals surface area (Å²) in [4.78, 5) is 0.0576. The topological polar surface area (TPSA) is 71.4 Å². The zero-order valence-corrected chi connectivity index (χ0v) is 11.5. The van der Waals surface area contributed by atoms with Crippen molar-refractivity contribution in [1.29, 1.82) is 0 Å². The van der Waals surface area contributed by atoms with Gasteiger partial charge < -0.3 is 4.55 Å². The van der Waals surface area contributed by atoms with E-state index in [-0.39, 0.29) is 9.79 Å². The molecule has 1 N–H and O–H groups in total. The summed E-state index contributed by atoms with van der Waals surface area (Å²) in [5, 5.41) is 0. The van der Waals surface area contributed by atoms with Crippen LogP contribution in [0.5, 0.6) is 0 Å². The molecule has 0 amide bonds. The molecular weight excluding hydrogens is 284 g/mol. The van der Waals surface area contributed by atoms with Crippen molar-refractivity contribution in [2.45, 2.75) is 9.79 Å². The molecule has 0 spiro atoms. The number of hydrogen-bond donors (Lipinski definition) is 1. The molecule has 2 rings (SSSR count). The van der Waals surface area contributed by atoms with E-state index < -0.39 is 19.6 Å². The minimum Gasteiger partial charge on any atom is -0.309 e. The highest BCUT2D eigenvalue weighted by molar-refractivity contribution is 8.19. The summed E-state index contributed by atoms with van der Waals surface area (Å²) in [6.07, 6.45) is 0. The summed E-state index contributed by atoms with van der Waals surface area (Å²) in [5.41, 5.74) is 0. The summed E-state index contributed by atoms with van der Waals surface area (Å²) in [6, 6.07) is 15.2. The van der Waals surface area contributed by atoms with Crippen LogP contribution in [-0.2, 0) is 19.6 Å². The first-order chi connectivity index (χ1) is 8.92. The monoisotopic (exact) mass is 296 g/mol. The van der Waals surface area contributed by atoms with Crippen LogP contribution in [0.2, 0.25) is 0 Å². The lowest BCUT2D eigenvalue weighted by atomic mass is 10.4. The lowest BCUT2D eigenvalue weighted by Gasteiger charge is -2.04. The van der Waals surface area contributed by atoms with E-state index in [0.717, 1.165) is 0 Å². The summed E-state index contributed by atoms with van der Waals surface area (Å²) >= 11 is 0. The Balaban J connectivity index is 2.56. The molecule has 0 saturated carbocycles. The first kappa shape index (κ1) is 13.8. The molecule has 0 heterocycles. The van der Waals surface area contributed by atoms with Gasteiger partial charge in [-0.15, -0.1) is 0 Å². The highest BCUT2D eigenvalue weighted by Crippen LogP contribution is 2.13. The van der Waals surface area contributed by atoms with Crippen molar-refractivity contribution in [3.63, 3.8) is 0 Å². The predicted molar refractivity (Wildman–Crippen MR) is 75.2 cm³/mol. The van der Waals surface area contributed by atoms with Crippen molar-refractivity contribution in [2.75, 3.05) is 0 Å². The standard InChI is InChI=1S/C13H12O4S2/c14-18(15,12-7-3-1-4-8-12)11-19(16,17)13-9-5-2-6-10-13/h1-11H,(H,14,15). The Morgan fingerprint density at radius 3 is 1.63 bits per heavy atom. The Hall–Kier alpha value is -1.63. The molecule has 0 aliphatic carbocycles. The molecule has 0 aliphatic heterocycles. The number of sulfone groups is 1. The molecule has 0 bridgehead atoms. The highest BCUT2D eigenvalue weighted by Gasteiger charge is 2.16. The van der Waals surface area contributed by atoms with Crippen molar-refractivity contribution >= 4 is 24.3 Å². The summed E-state index contributed by atoms with van der Waals surface area (Å²) in [7, 11) is -7.65. The minimum absolute atomic E-state index is 0.00675. The lowest BCUT2D eigenvalue weighted by Crippen LogP contribution is -2.11. The van der Waals surface area contributed by atoms with Crippen LogP contribution in [0.25, 0.3) is 0 Å². The fraction of sp³-hybridized carbons (Fsp3) is 0. The van der Waals surface area contributed by atoms with Gasteiger partial charge in [0.15, 0.2) is 0 Å². The largest absolute Gasteiger partial charge is 0.309 e. The van der Waals surface area contributed by atoms with E-state index in [2.05, 4.69) is 0 Å². The van der Waals surface area contributed by atoms with Gasteiger partial charge in [-0.2, -0.15) is 0 Å². The molecule has 1 atom stereocenters. The molecule has 4 nitrogen and oxygen atoms in total. The maximum atomic E-state index is 12.1. The fourth-order valence-corrected chi connectivity index (χ4v) is 4.85. The summed E-state index contributed by atoms with van der Waals surface area (Å²) < 4.78 is 46.5. The van der Waals surface area contributed by atoms with Crippen LogP contribution in [-0.4, -0.2) is 21.9 Å². The fourth-order valence-electron chi connectivity index (χ4n) is 1.51. The molecule has 6 heteroatoms. The van der Waals surface area contributed by atoms with E-state index in [1.165, 1.54) is 24.3 Å². The van der Waals surface area contributed by atoms with E-state index in [1.807, 2.05) is 0 Å². The van der Waals surface area contributed by atoms with Gasteiger partial charge in [-0.25, -0.2) is 12.6 Å². The molecule has 0 aromatic heterocycles. The van der Waals surface area contributed by atoms with Gasteiger partial charge in [-0.05, 0) is 24.3 Å². The SMILES string of the molecule is O=S(=O)(C=S(=O)(O)c1ccccc1)c1ccccc1. The molecular formula is C13H12O4S2. The van der Waals surface area contributed by atoms with E-state index in [0.29, 0.717) is 4.70 Å². The van der Waals surface area contributed by atoms with Gasteiger partial charge in [-0.3, -0.25) is 0 Å². The molecule has 0 saturated heterocycles. The van der Waals surface area contributed by atoms with Crippen molar-refractivity contribution in [1.82, 2.24) is 0 Å². The highest BCUT2D eigenvalue weighted by atomic mass is 32.3. The minimum atomic E-state index is -3.92. The van der Waals surface area contributed by atoms with Gasteiger partial charge >= 0.3 is 0 Å². The maximum absolute atomic E-state index is 12.1. The zero-order chi connectivity index (χ0) is 13.9. The smallest absolute Gasteiger partial charge is 0.209 e. The third kappa shape index (κ3) is 3.23. The molecule has 0 aliphatic rings. The quantitative estimate of drug-likeness (QED) is 0.880. The van der Waals surface area contributed by atoms with Crippen LogP contribution < -0.4 is 0 Å². The van der Waals surface area contributed by atoms with Crippen molar-refractivity contribution in [2.24, 2.45) is 0 Å². The normalized spacial score (nSPS) is 14.6. The number of hydrogen-bond acceptors (Lipinski definition) is 3. The van der Waals surface area contributed by atoms with E-state index in [9.17, 15) is 17.2 Å². The Labute approximate surface area is 112 Å². The van der Waals surface area contributed by atoms with Crippen LogP contribution >= 0.6 is 0 Å². The third-order valence-corrected chi connectivity index (χ3v) is 6.34. The molecule has 1 unspecified atom stereocenters. The van der Waals surface area contributed by atoms with Crippen LogP contribution in [0.1, 0.15) is 0 Å². The van der Waals surface area contributed by atoms with E-state index in [4.69, 9.17) is 0 Å². The van der Waals surface area contributed by atoms with E-state index >= 15 is 0 Å². The Kier molecular flexibility index (Phi) is 3.75. The molecule has 2 aromatic carbocycles. The Morgan fingerprint density at radius 2 is 1.16 bits per heavy atom. The lowest BCUT2D eigenvalue weighted by molar-refractivity contribution is 0.560. The van der Waals surface area contributed by atoms with Crippen LogP contribution in [0.4, 0.5) is 0 Å². The van der Waals surface area contributed by atoms with E-state index in [1.54, 1.807) is 36.4 Å². The van der Waals surface area contributed by atoms with Gasteiger partial charge in [0.25, 0.3) is 0 Å². The summed E-state index contributed by atoms with van der Waals surface area (Å²) in [5.74, 6) is 0. The Morgan fingerprint density at radius 1 is 0.737 bits per heavy atom.